The van der Waals surface area contributed by atoms with Gasteiger partial charge in [-0.25, -0.2) is 9.97 Å². The molecule has 0 bridgehead atoms. The van der Waals surface area contributed by atoms with Crippen molar-refractivity contribution in [3.05, 3.63) is 11.3 Å². The Morgan fingerprint density at radius 2 is 2.21 bits per heavy atom. The van der Waals surface area contributed by atoms with Gasteiger partial charge in [-0.15, -0.1) is 0 Å². The molecule has 0 saturated carbocycles. The molecule has 1 aromatic rings. The van der Waals surface area contributed by atoms with Crippen LogP contribution in [-0.4, -0.2) is 40.7 Å². The predicted molar refractivity (Wildman–Crippen MR) is 55.8 cm³/mol. The highest BCUT2D eigenvalue weighted by Crippen LogP contribution is 2.07. The zero-order chi connectivity index (χ0) is 10.7. The van der Waals surface area contributed by atoms with Crippen molar-refractivity contribution in [1.29, 1.82) is 0 Å². The Hall–Kier alpha value is -0.845. The second-order valence-corrected chi connectivity index (χ2v) is 3.16. The largest absolute Gasteiger partial charge is 0.493 e. The zero-order valence-electron chi connectivity index (χ0n) is 7.98. The van der Waals surface area contributed by atoms with E-state index in [4.69, 9.17) is 21.6 Å². The van der Waals surface area contributed by atoms with Crippen LogP contribution in [-0.2, 0) is 0 Å². The Morgan fingerprint density at radius 1 is 1.57 bits per heavy atom. The maximum atomic E-state index is 8.87. The van der Waals surface area contributed by atoms with Gasteiger partial charge in [-0.1, -0.05) is 11.6 Å². The maximum Gasteiger partial charge on any atom is 0.493 e. The number of aromatic nitrogens is 2. The highest BCUT2D eigenvalue weighted by molar-refractivity contribution is 6.62. The first-order valence-electron chi connectivity index (χ1n) is 4.16. The van der Waals surface area contributed by atoms with Gasteiger partial charge in [0.1, 0.15) is 5.15 Å². The van der Waals surface area contributed by atoms with Gasteiger partial charge in [-0.2, -0.15) is 0 Å². The fraction of sp³-hybridized carbons (Fsp3) is 0.429. The lowest BCUT2D eigenvalue weighted by molar-refractivity contribution is 0.425. The molecule has 76 valence electrons. The first kappa shape index (κ1) is 11.2. The van der Waals surface area contributed by atoms with Crippen LogP contribution in [0, 0.1) is 0 Å². The molecule has 0 fully saturated rings. The van der Waals surface area contributed by atoms with Crippen LogP contribution in [0.4, 0.5) is 5.95 Å². The first-order valence-corrected chi connectivity index (χ1v) is 4.53. The van der Waals surface area contributed by atoms with Gasteiger partial charge in [0.15, 0.2) is 0 Å². The van der Waals surface area contributed by atoms with E-state index in [1.54, 1.807) is 4.90 Å². The third-order valence-corrected chi connectivity index (χ3v) is 2.15. The molecule has 0 saturated heterocycles. The van der Waals surface area contributed by atoms with Crippen molar-refractivity contribution in [2.24, 2.45) is 0 Å². The fourth-order valence-electron chi connectivity index (χ4n) is 0.860. The maximum absolute atomic E-state index is 8.87. The van der Waals surface area contributed by atoms with Crippen LogP contribution in [0.25, 0.3) is 0 Å². The minimum absolute atomic E-state index is 0.0605. The number of nitrogens with zero attached hydrogens (tertiary/aromatic N) is 3. The van der Waals surface area contributed by atoms with E-state index < -0.39 is 7.12 Å². The molecular weight excluding hydrogens is 204 g/mol. The summed E-state index contributed by atoms with van der Waals surface area (Å²) in [6.07, 6.45) is 1.31. The highest BCUT2D eigenvalue weighted by Gasteiger charge is 2.17. The lowest BCUT2D eigenvalue weighted by Crippen LogP contribution is -2.33. The molecular formula is C7H11BClN3O2. The van der Waals surface area contributed by atoms with E-state index in [-0.39, 0.29) is 10.6 Å². The molecule has 0 atom stereocenters. The summed E-state index contributed by atoms with van der Waals surface area (Å²) in [5.74, 6) is 0.460. The highest BCUT2D eigenvalue weighted by atomic mass is 35.5. The minimum atomic E-state index is -1.64. The molecule has 5 nitrogen and oxygen atoms in total. The van der Waals surface area contributed by atoms with Crippen LogP contribution >= 0.6 is 11.6 Å². The van der Waals surface area contributed by atoms with Crippen molar-refractivity contribution >= 4 is 30.1 Å². The van der Waals surface area contributed by atoms with Gasteiger partial charge < -0.3 is 14.9 Å². The van der Waals surface area contributed by atoms with Crippen LogP contribution in [0.5, 0.6) is 0 Å². The van der Waals surface area contributed by atoms with E-state index in [2.05, 4.69) is 9.97 Å². The van der Waals surface area contributed by atoms with Gasteiger partial charge in [0.2, 0.25) is 5.95 Å². The third-order valence-electron chi connectivity index (χ3n) is 1.85. The van der Waals surface area contributed by atoms with Crippen molar-refractivity contribution in [3.8, 4) is 0 Å². The van der Waals surface area contributed by atoms with Crippen LogP contribution < -0.4 is 10.4 Å². The van der Waals surface area contributed by atoms with Gasteiger partial charge >= 0.3 is 7.12 Å². The summed E-state index contributed by atoms with van der Waals surface area (Å²) in [7, 11) is 0.184. The second kappa shape index (κ2) is 4.59. The molecule has 1 heterocycles. The van der Waals surface area contributed by atoms with E-state index in [1.807, 2.05) is 14.0 Å². The fourth-order valence-corrected chi connectivity index (χ4v) is 1.08. The monoisotopic (exact) mass is 215 g/mol. The Labute approximate surface area is 87.5 Å². The molecule has 0 aliphatic heterocycles. The Bertz CT molecular complexity index is 324. The summed E-state index contributed by atoms with van der Waals surface area (Å²) < 4.78 is 0. The normalized spacial score (nSPS) is 10.1. The molecule has 0 aromatic carbocycles. The average Bonchev–Trinajstić information content (AvgIpc) is 2.15. The molecule has 1 aromatic heterocycles. The molecule has 2 N–H and O–H groups in total. The van der Waals surface area contributed by atoms with Crippen LogP contribution in [0.2, 0.25) is 5.15 Å². The Morgan fingerprint density at radius 3 is 2.64 bits per heavy atom. The topological polar surface area (TPSA) is 69.5 Å². The standard InChI is InChI=1S/C7H11BClN3O2/c1-3-12(2)7-10-4-5(8(13)14)6(9)11-7/h4,13-14H,3H2,1-2H3. The summed E-state index contributed by atoms with van der Waals surface area (Å²) in [5.41, 5.74) is 0.111. The molecule has 0 aliphatic carbocycles. The van der Waals surface area contributed by atoms with E-state index in [9.17, 15) is 0 Å². The number of anilines is 1. The van der Waals surface area contributed by atoms with E-state index in [1.165, 1.54) is 6.20 Å². The van der Waals surface area contributed by atoms with Crippen molar-refractivity contribution in [3.63, 3.8) is 0 Å². The molecule has 7 heteroatoms. The van der Waals surface area contributed by atoms with Crippen molar-refractivity contribution in [1.82, 2.24) is 9.97 Å². The minimum Gasteiger partial charge on any atom is -0.423 e. The summed E-state index contributed by atoms with van der Waals surface area (Å²) in [6, 6.07) is 0. The molecule has 14 heavy (non-hydrogen) atoms. The summed E-state index contributed by atoms with van der Waals surface area (Å²) in [5, 5.41) is 17.8. The van der Waals surface area contributed by atoms with Gasteiger partial charge in [-0.3, -0.25) is 0 Å². The molecule has 0 spiro atoms. The van der Waals surface area contributed by atoms with Gasteiger partial charge in [-0.05, 0) is 6.92 Å². The van der Waals surface area contributed by atoms with Crippen LogP contribution in [0.1, 0.15) is 6.92 Å². The third kappa shape index (κ3) is 2.34. The molecule has 0 radical (unpaired) electrons. The molecule has 0 unspecified atom stereocenters. The number of rotatable bonds is 3. The van der Waals surface area contributed by atoms with E-state index in [0.717, 1.165) is 6.54 Å². The lowest BCUT2D eigenvalue weighted by Gasteiger charge is -2.14. The van der Waals surface area contributed by atoms with Crippen molar-refractivity contribution in [2.75, 3.05) is 18.5 Å². The van der Waals surface area contributed by atoms with E-state index in [0.29, 0.717) is 5.95 Å². The van der Waals surface area contributed by atoms with Crippen molar-refractivity contribution < 1.29 is 10.0 Å². The first-order chi connectivity index (χ1) is 6.56. The molecule has 0 aliphatic rings. The predicted octanol–water partition coefficient (Wildman–Crippen LogP) is -0.734. The summed E-state index contributed by atoms with van der Waals surface area (Å²) >= 11 is 5.73. The Balaban J connectivity index is 3.00. The van der Waals surface area contributed by atoms with Gasteiger partial charge in [0.25, 0.3) is 0 Å². The zero-order valence-corrected chi connectivity index (χ0v) is 8.73. The SMILES string of the molecule is CCN(C)c1ncc(B(O)O)c(Cl)n1. The number of hydrogen-bond donors (Lipinski definition) is 2. The second-order valence-electron chi connectivity index (χ2n) is 2.80. The number of hydrogen-bond acceptors (Lipinski definition) is 5. The van der Waals surface area contributed by atoms with E-state index >= 15 is 0 Å². The van der Waals surface area contributed by atoms with Gasteiger partial charge in [0.05, 0.1) is 0 Å². The lowest BCUT2D eigenvalue weighted by atomic mass is 9.83. The average molecular weight is 215 g/mol. The van der Waals surface area contributed by atoms with Crippen LogP contribution in [0.3, 0.4) is 0 Å². The number of halogens is 1. The molecule has 1 rings (SSSR count). The quantitative estimate of drug-likeness (QED) is 0.514. The summed E-state index contributed by atoms with van der Waals surface area (Å²) in [6.45, 7) is 2.70. The molecule has 0 amide bonds. The van der Waals surface area contributed by atoms with Crippen LogP contribution in [0.15, 0.2) is 6.20 Å². The smallest absolute Gasteiger partial charge is 0.423 e. The summed E-state index contributed by atoms with van der Waals surface area (Å²) in [4.78, 5) is 9.66. The Kier molecular flexibility index (Phi) is 3.68. The van der Waals surface area contributed by atoms with Crippen molar-refractivity contribution in [2.45, 2.75) is 6.92 Å². The van der Waals surface area contributed by atoms with Gasteiger partial charge in [0, 0.05) is 25.3 Å².